The molecule has 0 radical (unpaired) electrons. The standard InChI is InChI=1S/C14H23N5O/c1-18(2)9-5-8-15-14(20)12-6-7-13(17-16-12)19-10-3-4-11-19/h6-7H,3-5,8-11H2,1-2H3,(H,15,20). The van der Waals surface area contributed by atoms with E-state index in [0.717, 1.165) is 31.9 Å². The molecule has 6 nitrogen and oxygen atoms in total. The van der Waals surface area contributed by atoms with Crippen LogP contribution in [0.4, 0.5) is 5.82 Å². The van der Waals surface area contributed by atoms with Crippen LogP contribution in [0.2, 0.25) is 0 Å². The Bertz CT molecular complexity index is 426. The van der Waals surface area contributed by atoms with Crippen molar-refractivity contribution < 1.29 is 4.79 Å². The van der Waals surface area contributed by atoms with E-state index in [-0.39, 0.29) is 5.91 Å². The molecule has 20 heavy (non-hydrogen) atoms. The van der Waals surface area contributed by atoms with Gasteiger partial charge in [0, 0.05) is 19.6 Å². The van der Waals surface area contributed by atoms with Crippen LogP contribution in [0.1, 0.15) is 29.8 Å². The normalized spacial score (nSPS) is 14.8. The van der Waals surface area contributed by atoms with E-state index in [0.29, 0.717) is 12.2 Å². The highest BCUT2D eigenvalue weighted by molar-refractivity contribution is 5.92. The summed E-state index contributed by atoms with van der Waals surface area (Å²) < 4.78 is 0. The molecule has 1 N–H and O–H groups in total. The fourth-order valence-electron chi connectivity index (χ4n) is 2.25. The van der Waals surface area contributed by atoms with Gasteiger partial charge >= 0.3 is 0 Å². The molecule has 1 saturated heterocycles. The predicted molar refractivity (Wildman–Crippen MR) is 79.0 cm³/mol. The van der Waals surface area contributed by atoms with Crippen LogP contribution in [-0.2, 0) is 0 Å². The van der Waals surface area contributed by atoms with Crippen LogP contribution in [0.3, 0.4) is 0 Å². The second-order valence-corrected chi connectivity index (χ2v) is 5.38. The van der Waals surface area contributed by atoms with Crippen molar-refractivity contribution in [3.8, 4) is 0 Å². The smallest absolute Gasteiger partial charge is 0.271 e. The lowest BCUT2D eigenvalue weighted by atomic mass is 10.3. The summed E-state index contributed by atoms with van der Waals surface area (Å²) in [4.78, 5) is 16.2. The van der Waals surface area contributed by atoms with Crippen LogP contribution in [0.25, 0.3) is 0 Å². The molecule has 1 aromatic rings. The highest BCUT2D eigenvalue weighted by Gasteiger charge is 2.15. The van der Waals surface area contributed by atoms with Gasteiger partial charge in [-0.05, 0) is 52.0 Å². The fourth-order valence-corrected chi connectivity index (χ4v) is 2.25. The van der Waals surface area contributed by atoms with Gasteiger partial charge in [-0.3, -0.25) is 4.79 Å². The van der Waals surface area contributed by atoms with Crippen LogP contribution in [0, 0.1) is 0 Å². The molecule has 1 aromatic heterocycles. The van der Waals surface area contributed by atoms with E-state index >= 15 is 0 Å². The van der Waals surface area contributed by atoms with Crippen molar-refractivity contribution in [1.29, 1.82) is 0 Å². The number of rotatable bonds is 6. The third-order valence-corrected chi connectivity index (χ3v) is 3.38. The Labute approximate surface area is 120 Å². The van der Waals surface area contributed by atoms with Gasteiger partial charge < -0.3 is 15.1 Å². The molecule has 0 saturated carbocycles. The van der Waals surface area contributed by atoms with Gasteiger partial charge in [0.15, 0.2) is 11.5 Å². The van der Waals surface area contributed by atoms with E-state index in [1.165, 1.54) is 12.8 Å². The number of hydrogen-bond acceptors (Lipinski definition) is 5. The van der Waals surface area contributed by atoms with Gasteiger partial charge in [0.25, 0.3) is 5.91 Å². The van der Waals surface area contributed by atoms with E-state index in [2.05, 4.69) is 25.3 Å². The van der Waals surface area contributed by atoms with Crippen LogP contribution < -0.4 is 10.2 Å². The highest BCUT2D eigenvalue weighted by atomic mass is 16.1. The Kier molecular flexibility index (Phi) is 5.29. The van der Waals surface area contributed by atoms with Gasteiger partial charge in [-0.1, -0.05) is 0 Å². The molecule has 0 aliphatic carbocycles. The number of nitrogens with zero attached hydrogens (tertiary/aromatic N) is 4. The summed E-state index contributed by atoms with van der Waals surface area (Å²) in [5, 5.41) is 11.0. The quantitative estimate of drug-likeness (QED) is 0.778. The molecule has 2 heterocycles. The van der Waals surface area contributed by atoms with E-state index in [9.17, 15) is 4.79 Å². The minimum Gasteiger partial charge on any atom is -0.355 e. The van der Waals surface area contributed by atoms with Gasteiger partial charge in [0.1, 0.15) is 0 Å². The molecule has 0 bridgehead atoms. The summed E-state index contributed by atoms with van der Waals surface area (Å²) in [6, 6.07) is 3.63. The Morgan fingerprint density at radius 3 is 2.65 bits per heavy atom. The molecule has 2 rings (SSSR count). The average Bonchev–Trinajstić information content (AvgIpc) is 2.97. The summed E-state index contributed by atoms with van der Waals surface area (Å²) in [5.41, 5.74) is 0.387. The third kappa shape index (κ3) is 4.16. The van der Waals surface area contributed by atoms with E-state index in [4.69, 9.17) is 0 Å². The maximum absolute atomic E-state index is 11.9. The van der Waals surface area contributed by atoms with Crippen LogP contribution >= 0.6 is 0 Å². The molecule has 1 aliphatic heterocycles. The largest absolute Gasteiger partial charge is 0.355 e. The number of carbonyl (C=O) groups is 1. The Balaban J connectivity index is 1.81. The van der Waals surface area contributed by atoms with E-state index in [1.807, 2.05) is 20.2 Å². The van der Waals surface area contributed by atoms with Gasteiger partial charge in [0.2, 0.25) is 0 Å². The Morgan fingerprint density at radius 2 is 2.05 bits per heavy atom. The number of amides is 1. The molecule has 1 aliphatic rings. The lowest BCUT2D eigenvalue weighted by Gasteiger charge is -2.15. The molecule has 0 spiro atoms. The van der Waals surface area contributed by atoms with Gasteiger partial charge in [-0.15, -0.1) is 10.2 Å². The van der Waals surface area contributed by atoms with Crippen LogP contribution in [0.5, 0.6) is 0 Å². The number of hydrogen-bond donors (Lipinski definition) is 1. The third-order valence-electron chi connectivity index (χ3n) is 3.38. The maximum Gasteiger partial charge on any atom is 0.271 e. The van der Waals surface area contributed by atoms with E-state index < -0.39 is 0 Å². The lowest BCUT2D eigenvalue weighted by molar-refractivity contribution is 0.0946. The Hall–Kier alpha value is -1.69. The SMILES string of the molecule is CN(C)CCCNC(=O)c1ccc(N2CCCC2)nn1. The second-order valence-electron chi connectivity index (χ2n) is 5.38. The molecule has 1 amide bonds. The number of aromatic nitrogens is 2. The van der Waals surface area contributed by atoms with Crippen molar-refractivity contribution in [3.63, 3.8) is 0 Å². The molecule has 0 aromatic carbocycles. The van der Waals surface area contributed by atoms with Gasteiger partial charge in [-0.25, -0.2) is 0 Å². The average molecular weight is 277 g/mol. The molecule has 0 unspecified atom stereocenters. The minimum atomic E-state index is -0.149. The highest BCUT2D eigenvalue weighted by Crippen LogP contribution is 2.16. The summed E-state index contributed by atoms with van der Waals surface area (Å²) in [6.07, 6.45) is 3.34. The summed E-state index contributed by atoms with van der Waals surface area (Å²) in [5.74, 6) is 0.718. The van der Waals surface area contributed by atoms with Crippen molar-refractivity contribution in [2.24, 2.45) is 0 Å². The minimum absolute atomic E-state index is 0.149. The molecule has 110 valence electrons. The van der Waals surface area contributed by atoms with Gasteiger partial charge in [0.05, 0.1) is 0 Å². The predicted octanol–water partition coefficient (Wildman–Crippen LogP) is 0.758. The molecule has 1 fully saturated rings. The van der Waals surface area contributed by atoms with Crippen molar-refractivity contribution in [2.45, 2.75) is 19.3 Å². The summed E-state index contributed by atoms with van der Waals surface area (Å²) in [7, 11) is 4.04. The first-order valence-electron chi connectivity index (χ1n) is 7.18. The van der Waals surface area contributed by atoms with Crippen molar-refractivity contribution in [3.05, 3.63) is 17.8 Å². The molecular weight excluding hydrogens is 254 g/mol. The van der Waals surface area contributed by atoms with Crippen LogP contribution in [-0.4, -0.2) is 61.3 Å². The molecular formula is C14H23N5O. The first kappa shape index (κ1) is 14.7. The topological polar surface area (TPSA) is 61.4 Å². The zero-order chi connectivity index (χ0) is 14.4. The number of carbonyl (C=O) groups excluding carboxylic acids is 1. The zero-order valence-electron chi connectivity index (χ0n) is 12.3. The monoisotopic (exact) mass is 277 g/mol. The van der Waals surface area contributed by atoms with Crippen molar-refractivity contribution in [2.75, 3.05) is 45.2 Å². The van der Waals surface area contributed by atoms with Crippen molar-refractivity contribution >= 4 is 11.7 Å². The maximum atomic E-state index is 11.9. The van der Waals surface area contributed by atoms with Gasteiger partial charge in [-0.2, -0.15) is 0 Å². The summed E-state index contributed by atoms with van der Waals surface area (Å²) >= 11 is 0. The summed E-state index contributed by atoms with van der Waals surface area (Å²) in [6.45, 7) is 3.68. The Morgan fingerprint density at radius 1 is 1.30 bits per heavy atom. The molecule has 6 heteroatoms. The van der Waals surface area contributed by atoms with Crippen LogP contribution in [0.15, 0.2) is 12.1 Å². The lowest BCUT2D eigenvalue weighted by Crippen LogP contribution is -2.28. The first-order valence-corrected chi connectivity index (χ1v) is 7.18. The number of anilines is 1. The van der Waals surface area contributed by atoms with E-state index in [1.54, 1.807) is 6.07 Å². The fraction of sp³-hybridized carbons (Fsp3) is 0.643. The first-order chi connectivity index (χ1) is 9.66. The second kappa shape index (κ2) is 7.19. The van der Waals surface area contributed by atoms with Crippen molar-refractivity contribution in [1.82, 2.24) is 20.4 Å². The number of nitrogens with one attached hydrogen (secondary N) is 1. The zero-order valence-corrected chi connectivity index (χ0v) is 12.3. The molecule has 0 atom stereocenters.